The Bertz CT molecular complexity index is 1270. The summed E-state index contributed by atoms with van der Waals surface area (Å²) >= 11 is 0. The molecule has 0 saturated carbocycles. The molecule has 0 N–H and O–H groups in total. The highest BCUT2D eigenvalue weighted by Crippen LogP contribution is 2.30. The van der Waals surface area contributed by atoms with Crippen molar-refractivity contribution in [3.05, 3.63) is 93.5 Å². The summed E-state index contributed by atoms with van der Waals surface area (Å²) in [6.45, 7) is 0. The second-order valence-electron chi connectivity index (χ2n) is 6.87. The fourth-order valence-corrected chi connectivity index (χ4v) is 3.05. The van der Waals surface area contributed by atoms with Crippen molar-refractivity contribution >= 4 is 23.5 Å². The minimum atomic E-state index is -0.773. The number of nitro groups is 1. The van der Waals surface area contributed by atoms with Crippen LogP contribution in [0.25, 0.3) is 6.08 Å². The molecule has 0 aromatic heterocycles. The third kappa shape index (κ3) is 5.57. The first-order valence-corrected chi connectivity index (χ1v) is 9.95. The number of rotatable bonds is 9. The van der Waals surface area contributed by atoms with Crippen molar-refractivity contribution in [3.8, 4) is 23.0 Å². The molecule has 9 nitrogen and oxygen atoms in total. The van der Waals surface area contributed by atoms with E-state index in [0.29, 0.717) is 22.6 Å². The summed E-state index contributed by atoms with van der Waals surface area (Å²) in [7, 11) is 4.38. The summed E-state index contributed by atoms with van der Waals surface area (Å²) in [5.74, 6) is 0.233. The number of hydrogen-bond donors (Lipinski definition) is 0. The van der Waals surface area contributed by atoms with Gasteiger partial charge in [-0.2, -0.15) is 0 Å². The molecule has 0 aliphatic carbocycles. The molecule has 3 rings (SSSR count). The number of carbonyl (C=O) groups is 2. The van der Waals surface area contributed by atoms with Gasteiger partial charge in [0.2, 0.25) is 0 Å². The smallest absolute Gasteiger partial charge is 0.343 e. The highest BCUT2D eigenvalue weighted by Gasteiger charge is 2.16. The average molecular weight is 463 g/mol. The Hall–Kier alpha value is -4.66. The van der Waals surface area contributed by atoms with Gasteiger partial charge in [-0.1, -0.05) is 18.2 Å². The average Bonchev–Trinajstić information content (AvgIpc) is 2.87. The molecular formula is C25H21NO8. The van der Waals surface area contributed by atoms with Crippen molar-refractivity contribution in [1.29, 1.82) is 0 Å². The maximum atomic E-state index is 12.7. The Morgan fingerprint density at radius 2 is 1.59 bits per heavy atom. The molecule has 0 saturated heterocycles. The zero-order valence-electron chi connectivity index (χ0n) is 18.6. The zero-order chi connectivity index (χ0) is 24.7. The molecule has 3 aromatic rings. The predicted octanol–water partition coefficient (Wildman–Crippen LogP) is 4.74. The molecular weight excluding hydrogens is 442 g/mol. The Morgan fingerprint density at radius 3 is 2.26 bits per heavy atom. The molecule has 0 heterocycles. The van der Waals surface area contributed by atoms with E-state index in [0.717, 1.165) is 6.07 Å². The van der Waals surface area contributed by atoms with Crippen LogP contribution in [0, 0.1) is 10.1 Å². The number of ketones is 1. The number of esters is 1. The molecule has 0 atom stereocenters. The lowest BCUT2D eigenvalue weighted by Crippen LogP contribution is -2.09. The summed E-state index contributed by atoms with van der Waals surface area (Å²) in [5, 5.41) is 10.9. The number of ether oxygens (including phenoxy) is 4. The van der Waals surface area contributed by atoms with Crippen LogP contribution in [-0.2, 0) is 0 Å². The third-order valence-electron chi connectivity index (χ3n) is 4.78. The zero-order valence-corrected chi connectivity index (χ0v) is 18.6. The Balaban J connectivity index is 1.79. The second kappa shape index (κ2) is 10.8. The van der Waals surface area contributed by atoms with E-state index < -0.39 is 10.9 Å². The van der Waals surface area contributed by atoms with Gasteiger partial charge in [0.1, 0.15) is 11.5 Å². The molecule has 34 heavy (non-hydrogen) atoms. The molecule has 3 aromatic carbocycles. The van der Waals surface area contributed by atoms with Crippen LogP contribution in [0.4, 0.5) is 5.69 Å². The summed E-state index contributed by atoms with van der Waals surface area (Å²) in [4.78, 5) is 35.5. The minimum absolute atomic E-state index is 0.0260. The van der Waals surface area contributed by atoms with Gasteiger partial charge in [0.25, 0.3) is 5.69 Å². The molecule has 9 heteroatoms. The van der Waals surface area contributed by atoms with Gasteiger partial charge in [-0.25, -0.2) is 4.79 Å². The van der Waals surface area contributed by atoms with E-state index in [1.807, 2.05) is 0 Å². The lowest BCUT2D eigenvalue weighted by molar-refractivity contribution is -0.384. The highest BCUT2D eigenvalue weighted by molar-refractivity contribution is 6.09. The Labute approximate surface area is 195 Å². The van der Waals surface area contributed by atoms with E-state index in [1.165, 1.54) is 51.7 Å². The Morgan fingerprint density at radius 1 is 0.853 bits per heavy atom. The Kier molecular flexibility index (Phi) is 7.60. The molecule has 0 amide bonds. The molecule has 174 valence electrons. The van der Waals surface area contributed by atoms with Gasteiger partial charge < -0.3 is 18.9 Å². The van der Waals surface area contributed by atoms with Gasteiger partial charge in [-0.15, -0.1) is 0 Å². The van der Waals surface area contributed by atoms with Crippen molar-refractivity contribution in [3.63, 3.8) is 0 Å². The molecule has 0 unspecified atom stereocenters. The second-order valence-corrected chi connectivity index (χ2v) is 6.87. The first-order valence-electron chi connectivity index (χ1n) is 9.95. The van der Waals surface area contributed by atoms with Gasteiger partial charge in [-0.05, 0) is 48.0 Å². The molecule has 0 fully saturated rings. The van der Waals surface area contributed by atoms with Gasteiger partial charge in [0, 0.05) is 12.1 Å². The third-order valence-corrected chi connectivity index (χ3v) is 4.78. The van der Waals surface area contributed by atoms with Crippen LogP contribution in [0.15, 0.2) is 66.7 Å². The molecule has 0 aliphatic rings. The van der Waals surface area contributed by atoms with Gasteiger partial charge in [0.05, 0.1) is 37.4 Å². The fraction of sp³-hybridized carbons (Fsp3) is 0.120. The standard InChI is InChI=1S/C25H21NO8/c1-31-19-9-12-22(32-2)20(15-19)21(27)10-7-16-8-11-23(24(13-16)33-3)34-25(28)17-5-4-6-18(14-17)26(29)30/h4-15H,1-3H3/b10-7+. The van der Waals surface area contributed by atoms with Crippen LogP contribution in [0.2, 0.25) is 0 Å². The summed E-state index contributed by atoms with van der Waals surface area (Å²) in [6.07, 6.45) is 2.96. The predicted molar refractivity (Wildman–Crippen MR) is 124 cm³/mol. The molecule has 0 spiro atoms. The number of allylic oxidation sites excluding steroid dienone is 1. The number of non-ortho nitro benzene ring substituents is 1. The molecule has 0 aliphatic heterocycles. The van der Waals surface area contributed by atoms with Crippen molar-refractivity contribution in [1.82, 2.24) is 0 Å². The van der Waals surface area contributed by atoms with E-state index in [1.54, 1.807) is 36.4 Å². The number of nitro benzene ring substituents is 1. The SMILES string of the molecule is COc1ccc(OC)c(C(=O)/C=C/c2ccc(OC(=O)c3cccc([N+](=O)[O-])c3)c(OC)c2)c1. The lowest BCUT2D eigenvalue weighted by atomic mass is 10.1. The van der Waals surface area contributed by atoms with Crippen LogP contribution in [-0.4, -0.2) is 38.0 Å². The first kappa shape index (κ1) is 24.0. The van der Waals surface area contributed by atoms with Crippen LogP contribution in [0.1, 0.15) is 26.3 Å². The van der Waals surface area contributed by atoms with Crippen molar-refractivity contribution in [2.75, 3.05) is 21.3 Å². The maximum Gasteiger partial charge on any atom is 0.343 e. The van der Waals surface area contributed by atoms with E-state index in [4.69, 9.17) is 18.9 Å². The van der Waals surface area contributed by atoms with Crippen LogP contribution in [0.5, 0.6) is 23.0 Å². The van der Waals surface area contributed by atoms with Crippen molar-refractivity contribution < 1.29 is 33.5 Å². The summed E-state index contributed by atoms with van der Waals surface area (Å²) in [5.41, 5.74) is 0.757. The van der Waals surface area contributed by atoms with Gasteiger partial charge in [0.15, 0.2) is 17.3 Å². The quantitative estimate of drug-likeness (QED) is 0.112. The van der Waals surface area contributed by atoms with E-state index in [2.05, 4.69) is 0 Å². The van der Waals surface area contributed by atoms with Crippen molar-refractivity contribution in [2.24, 2.45) is 0 Å². The van der Waals surface area contributed by atoms with Crippen LogP contribution < -0.4 is 18.9 Å². The normalized spacial score (nSPS) is 10.6. The summed E-state index contributed by atoms with van der Waals surface area (Å²) in [6, 6.07) is 14.9. The molecule has 0 bridgehead atoms. The van der Waals surface area contributed by atoms with Crippen LogP contribution >= 0.6 is 0 Å². The number of nitrogens with zero attached hydrogens (tertiary/aromatic N) is 1. The maximum absolute atomic E-state index is 12.7. The fourth-order valence-electron chi connectivity index (χ4n) is 3.05. The number of methoxy groups -OCH3 is 3. The van der Waals surface area contributed by atoms with Gasteiger partial charge in [-0.3, -0.25) is 14.9 Å². The van der Waals surface area contributed by atoms with Gasteiger partial charge >= 0.3 is 5.97 Å². The monoisotopic (exact) mass is 463 g/mol. The van der Waals surface area contributed by atoms with E-state index in [9.17, 15) is 19.7 Å². The van der Waals surface area contributed by atoms with Crippen LogP contribution in [0.3, 0.4) is 0 Å². The highest BCUT2D eigenvalue weighted by atomic mass is 16.6. The summed E-state index contributed by atoms with van der Waals surface area (Å²) < 4.78 is 21.1. The largest absolute Gasteiger partial charge is 0.497 e. The van der Waals surface area contributed by atoms with Crippen molar-refractivity contribution in [2.45, 2.75) is 0 Å². The number of benzene rings is 3. The lowest BCUT2D eigenvalue weighted by Gasteiger charge is -2.10. The van der Waals surface area contributed by atoms with E-state index in [-0.39, 0.29) is 28.5 Å². The number of carbonyl (C=O) groups excluding carboxylic acids is 2. The minimum Gasteiger partial charge on any atom is -0.497 e. The first-order chi connectivity index (χ1) is 16.4. The number of hydrogen-bond acceptors (Lipinski definition) is 8. The van der Waals surface area contributed by atoms with E-state index >= 15 is 0 Å². The topological polar surface area (TPSA) is 114 Å². The molecule has 0 radical (unpaired) electrons.